The van der Waals surface area contributed by atoms with Gasteiger partial charge in [0.1, 0.15) is 13.2 Å². The fourth-order valence-electron chi connectivity index (χ4n) is 6.04. The quantitative estimate of drug-likeness (QED) is 0.0379. The van der Waals surface area contributed by atoms with Gasteiger partial charge in [-0.15, -0.1) is 0 Å². The molecule has 0 aliphatic rings. The van der Waals surface area contributed by atoms with Crippen molar-refractivity contribution in [3.63, 3.8) is 0 Å². The van der Waals surface area contributed by atoms with Crippen LogP contribution in [0.25, 0.3) is 0 Å². The Hall–Kier alpha value is -0.500. The predicted octanol–water partition coefficient (Wildman–Crippen LogP) is 10.0. The van der Waals surface area contributed by atoms with E-state index in [9.17, 15) is 19.4 Å². The number of carbonyl (C=O) groups excluding carboxylic acids is 1. The molecule has 1 amide bonds. The van der Waals surface area contributed by atoms with Crippen LogP contribution in [-0.4, -0.2) is 68.5 Å². The number of nitrogens with one attached hydrogen (secondary N) is 1. The molecule has 2 N–H and O–H groups in total. The molecule has 0 radical (unpaired) electrons. The van der Waals surface area contributed by atoms with Crippen molar-refractivity contribution in [3.8, 4) is 0 Å². The van der Waals surface area contributed by atoms with Crippen LogP contribution in [0.2, 0.25) is 0 Å². The highest BCUT2D eigenvalue weighted by Crippen LogP contribution is 2.38. The summed E-state index contributed by atoms with van der Waals surface area (Å²) < 4.78 is 23.2. The first kappa shape index (κ1) is 47.5. The standard InChI is InChI=1S/C39H81N2O6P/c1-6-8-10-12-14-16-18-20-21-22-24-26-28-30-32-38(42)37(36-47-48(44,45)46-35-34-41(3,4)5)40-39(43)33-31-29-27-25-23-19-17-15-13-11-9-7-2/h37-38,42H,6-36H2,1-5H3,(H-,40,43,44,45)/t37-,38+/m0/s1. The first-order valence-electron chi connectivity index (χ1n) is 20.4. The second-order valence-corrected chi connectivity index (χ2v) is 16.8. The first-order valence-corrected chi connectivity index (χ1v) is 21.8. The molecule has 0 fully saturated rings. The van der Waals surface area contributed by atoms with Gasteiger partial charge in [-0.1, -0.05) is 174 Å². The molecule has 0 bridgehead atoms. The van der Waals surface area contributed by atoms with Crippen LogP contribution in [0.5, 0.6) is 0 Å². The highest BCUT2D eigenvalue weighted by Gasteiger charge is 2.24. The fraction of sp³-hybridized carbons (Fsp3) is 0.974. The van der Waals surface area contributed by atoms with E-state index in [2.05, 4.69) is 19.2 Å². The topological polar surface area (TPSA) is 108 Å². The number of hydrogen-bond acceptors (Lipinski definition) is 6. The van der Waals surface area contributed by atoms with E-state index in [0.717, 1.165) is 38.5 Å². The lowest BCUT2D eigenvalue weighted by Gasteiger charge is -2.30. The maximum Gasteiger partial charge on any atom is 0.268 e. The number of aliphatic hydroxyl groups excluding tert-OH is 1. The van der Waals surface area contributed by atoms with Crippen molar-refractivity contribution in [2.45, 2.75) is 206 Å². The van der Waals surface area contributed by atoms with Gasteiger partial charge >= 0.3 is 0 Å². The average Bonchev–Trinajstić information content (AvgIpc) is 3.02. The largest absolute Gasteiger partial charge is 0.756 e. The van der Waals surface area contributed by atoms with Gasteiger partial charge < -0.3 is 28.8 Å². The van der Waals surface area contributed by atoms with Crippen molar-refractivity contribution in [3.05, 3.63) is 0 Å². The summed E-state index contributed by atoms with van der Waals surface area (Å²) in [5.74, 6) is -0.164. The zero-order valence-electron chi connectivity index (χ0n) is 32.5. The van der Waals surface area contributed by atoms with Gasteiger partial charge in [-0.25, -0.2) is 0 Å². The third-order valence-electron chi connectivity index (χ3n) is 9.35. The lowest BCUT2D eigenvalue weighted by molar-refractivity contribution is -0.870. The van der Waals surface area contributed by atoms with Crippen LogP contribution in [0.1, 0.15) is 194 Å². The number of aliphatic hydroxyl groups is 1. The van der Waals surface area contributed by atoms with Crippen LogP contribution < -0.4 is 10.2 Å². The van der Waals surface area contributed by atoms with E-state index in [4.69, 9.17) is 9.05 Å². The number of phosphoric acid groups is 1. The second-order valence-electron chi connectivity index (χ2n) is 15.4. The van der Waals surface area contributed by atoms with Crippen LogP contribution in [0, 0.1) is 0 Å². The van der Waals surface area contributed by atoms with E-state index >= 15 is 0 Å². The number of nitrogens with zero attached hydrogens (tertiary/aromatic N) is 1. The van der Waals surface area contributed by atoms with Gasteiger partial charge in [0.15, 0.2) is 0 Å². The average molecular weight is 705 g/mol. The molecule has 0 spiro atoms. The van der Waals surface area contributed by atoms with Crippen LogP contribution in [0.4, 0.5) is 0 Å². The Balaban J connectivity index is 4.41. The van der Waals surface area contributed by atoms with Crippen molar-refractivity contribution < 1.29 is 32.9 Å². The number of quaternary nitrogens is 1. The molecule has 0 aromatic heterocycles. The van der Waals surface area contributed by atoms with Crippen molar-refractivity contribution in [1.82, 2.24) is 5.32 Å². The van der Waals surface area contributed by atoms with E-state index in [1.54, 1.807) is 0 Å². The summed E-state index contributed by atoms with van der Waals surface area (Å²) in [4.78, 5) is 25.2. The molecular formula is C39H81N2O6P. The van der Waals surface area contributed by atoms with Crippen LogP contribution >= 0.6 is 7.82 Å². The van der Waals surface area contributed by atoms with Crippen LogP contribution in [-0.2, 0) is 18.4 Å². The van der Waals surface area contributed by atoms with Crippen molar-refractivity contribution in [2.24, 2.45) is 0 Å². The van der Waals surface area contributed by atoms with Crippen LogP contribution in [0.15, 0.2) is 0 Å². The van der Waals surface area contributed by atoms with Gasteiger partial charge in [-0.3, -0.25) is 9.36 Å². The van der Waals surface area contributed by atoms with Gasteiger partial charge in [0.2, 0.25) is 5.91 Å². The van der Waals surface area contributed by atoms with Crippen molar-refractivity contribution in [2.75, 3.05) is 40.9 Å². The Morgan fingerprint density at radius 1 is 0.646 bits per heavy atom. The Morgan fingerprint density at radius 2 is 1.02 bits per heavy atom. The molecule has 0 aliphatic heterocycles. The normalized spacial score (nSPS) is 14.6. The van der Waals surface area contributed by atoms with Gasteiger partial charge in [0.05, 0.1) is 39.9 Å². The molecule has 0 aromatic rings. The molecular weight excluding hydrogens is 623 g/mol. The summed E-state index contributed by atoms with van der Waals surface area (Å²) in [5, 5.41) is 13.8. The monoisotopic (exact) mass is 705 g/mol. The molecule has 0 rings (SSSR count). The lowest BCUT2D eigenvalue weighted by Crippen LogP contribution is -2.46. The predicted molar refractivity (Wildman–Crippen MR) is 201 cm³/mol. The smallest absolute Gasteiger partial charge is 0.268 e. The van der Waals surface area contributed by atoms with Crippen molar-refractivity contribution >= 4 is 13.7 Å². The number of unbranched alkanes of at least 4 members (excludes halogenated alkanes) is 24. The molecule has 8 nitrogen and oxygen atoms in total. The minimum Gasteiger partial charge on any atom is -0.756 e. The molecule has 0 aliphatic carbocycles. The van der Waals surface area contributed by atoms with Crippen LogP contribution in [0.3, 0.4) is 0 Å². The number of carbonyl (C=O) groups is 1. The fourth-order valence-corrected chi connectivity index (χ4v) is 6.76. The lowest BCUT2D eigenvalue weighted by atomic mass is 10.0. The van der Waals surface area contributed by atoms with Crippen molar-refractivity contribution in [1.29, 1.82) is 0 Å². The second kappa shape index (κ2) is 32.4. The number of hydrogen-bond donors (Lipinski definition) is 2. The van der Waals surface area contributed by atoms with Gasteiger partial charge in [0, 0.05) is 6.42 Å². The Labute approximate surface area is 298 Å². The zero-order valence-corrected chi connectivity index (χ0v) is 33.4. The third kappa shape index (κ3) is 34.0. The molecule has 3 atom stereocenters. The molecule has 0 heterocycles. The third-order valence-corrected chi connectivity index (χ3v) is 10.3. The maximum atomic E-state index is 12.8. The molecule has 48 heavy (non-hydrogen) atoms. The van der Waals surface area contributed by atoms with E-state index in [-0.39, 0.29) is 19.1 Å². The van der Waals surface area contributed by atoms with E-state index in [1.165, 1.54) is 128 Å². The number of rotatable bonds is 37. The summed E-state index contributed by atoms with van der Waals surface area (Å²) in [6, 6.07) is -0.791. The number of amides is 1. The minimum atomic E-state index is -4.55. The molecule has 1 unspecified atom stereocenters. The summed E-state index contributed by atoms with van der Waals surface area (Å²) in [6.07, 6.45) is 32.3. The Morgan fingerprint density at radius 3 is 1.42 bits per heavy atom. The Bertz CT molecular complexity index is 763. The van der Waals surface area contributed by atoms with Gasteiger partial charge in [-0.2, -0.15) is 0 Å². The van der Waals surface area contributed by atoms with Gasteiger partial charge in [-0.05, 0) is 12.8 Å². The maximum absolute atomic E-state index is 12.8. The molecule has 0 saturated carbocycles. The molecule has 0 saturated heterocycles. The van der Waals surface area contributed by atoms with E-state index in [1.807, 2.05) is 21.1 Å². The SMILES string of the molecule is CCCCCCCCCCCCCCCC[C@@H](O)[C@H](COP(=O)([O-])OCC[N+](C)(C)C)NC(=O)CCCCCCCCCCCCCC. The summed E-state index contributed by atoms with van der Waals surface area (Å²) >= 11 is 0. The van der Waals surface area contributed by atoms with E-state index in [0.29, 0.717) is 23.9 Å². The summed E-state index contributed by atoms with van der Waals surface area (Å²) in [5.41, 5.74) is 0. The molecule has 0 aromatic carbocycles. The highest BCUT2D eigenvalue weighted by molar-refractivity contribution is 7.45. The summed E-state index contributed by atoms with van der Waals surface area (Å²) in [6.45, 7) is 4.71. The van der Waals surface area contributed by atoms with Gasteiger partial charge in [0.25, 0.3) is 7.82 Å². The Kier molecular flexibility index (Phi) is 32.1. The number of phosphoric ester groups is 1. The number of likely N-dealkylation sites (N-methyl/N-ethyl adjacent to an activating group) is 1. The first-order chi connectivity index (χ1) is 23.0. The highest BCUT2D eigenvalue weighted by atomic mass is 31.2. The zero-order chi connectivity index (χ0) is 35.8. The summed E-state index contributed by atoms with van der Waals surface area (Å²) in [7, 11) is 1.31. The van der Waals surface area contributed by atoms with E-state index < -0.39 is 20.0 Å². The molecule has 9 heteroatoms. The molecule has 288 valence electrons. The minimum absolute atomic E-state index is 0.0157.